The first-order valence-electron chi connectivity index (χ1n) is 11.0. The summed E-state index contributed by atoms with van der Waals surface area (Å²) < 4.78 is 0. The molecule has 1 rings (SSSR count). The SMILES string of the molecule is Cc1cc(S(C(C)C)(C(C)C)C(C)C)cc(S(C(C)C)(C(C)C)C(C)C)c1. The molecule has 0 aliphatic heterocycles. The van der Waals surface area contributed by atoms with Gasteiger partial charge in [0, 0.05) is 0 Å². The molecule has 0 aromatic heterocycles. The Morgan fingerprint density at radius 1 is 0.444 bits per heavy atom. The van der Waals surface area contributed by atoms with E-state index < -0.39 is 20.1 Å². The first-order valence-corrected chi connectivity index (χ1v) is 14.6. The molecule has 0 fully saturated rings. The van der Waals surface area contributed by atoms with E-state index in [1.165, 1.54) is 5.56 Å². The van der Waals surface area contributed by atoms with Crippen LogP contribution in [0.1, 0.15) is 88.6 Å². The van der Waals surface area contributed by atoms with E-state index in [9.17, 15) is 0 Å². The minimum atomic E-state index is -0.894. The Balaban J connectivity index is 3.91. The summed E-state index contributed by atoms with van der Waals surface area (Å²) in [6.45, 7) is 31.9. The molecule has 0 unspecified atom stereocenters. The first kappa shape index (κ1) is 25.0. The lowest BCUT2D eigenvalue weighted by Crippen LogP contribution is -2.31. The van der Waals surface area contributed by atoms with Gasteiger partial charge in [-0.1, -0.05) is 83.1 Å². The quantitative estimate of drug-likeness (QED) is 0.400. The van der Waals surface area contributed by atoms with Gasteiger partial charge in [-0.3, -0.25) is 0 Å². The normalized spacial score (nSPS) is 15.1. The van der Waals surface area contributed by atoms with Crippen LogP contribution in [-0.4, -0.2) is 31.5 Å². The van der Waals surface area contributed by atoms with Crippen LogP contribution in [0.25, 0.3) is 0 Å². The van der Waals surface area contributed by atoms with E-state index in [0.29, 0.717) is 31.5 Å². The zero-order valence-electron chi connectivity index (χ0n) is 20.5. The van der Waals surface area contributed by atoms with Crippen molar-refractivity contribution < 1.29 is 0 Å². The number of hydrogen-bond donors (Lipinski definition) is 0. The summed E-state index contributed by atoms with van der Waals surface area (Å²) in [5.74, 6) is 0. The molecule has 0 aliphatic carbocycles. The zero-order valence-corrected chi connectivity index (χ0v) is 22.1. The van der Waals surface area contributed by atoms with Crippen molar-refractivity contribution in [3.63, 3.8) is 0 Å². The zero-order chi connectivity index (χ0) is 21.3. The van der Waals surface area contributed by atoms with Gasteiger partial charge in [0.05, 0.1) is 0 Å². The second-order valence-corrected chi connectivity index (χ2v) is 19.4. The van der Waals surface area contributed by atoms with Gasteiger partial charge in [0.1, 0.15) is 0 Å². The molecule has 0 nitrogen and oxygen atoms in total. The van der Waals surface area contributed by atoms with E-state index >= 15 is 0 Å². The first-order chi connectivity index (χ1) is 12.3. The molecule has 0 aliphatic rings. The molecule has 0 saturated heterocycles. The van der Waals surface area contributed by atoms with Crippen LogP contribution in [0.4, 0.5) is 0 Å². The van der Waals surface area contributed by atoms with Gasteiger partial charge in [-0.2, -0.15) is 0 Å². The highest BCUT2D eigenvalue weighted by Crippen LogP contribution is 2.70. The van der Waals surface area contributed by atoms with Gasteiger partial charge in [-0.15, -0.1) is 0 Å². The van der Waals surface area contributed by atoms with Crippen molar-refractivity contribution in [2.75, 3.05) is 0 Å². The molecule has 1 aromatic rings. The molecule has 0 saturated carbocycles. The fourth-order valence-electron chi connectivity index (χ4n) is 6.02. The van der Waals surface area contributed by atoms with Crippen molar-refractivity contribution in [2.24, 2.45) is 0 Å². The molecule has 0 radical (unpaired) electrons. The Labute approximate surface area is 174 Å². The molecule has 2 heteroatoms. The molecule has 160 valence electrons. The molecule has 0 heterocycles. The van der Waals surface area contributed by atoms with Crippen LogP contribution >= 0.6 is 20.1 Å². The van der Waals surface area contributed by atoms with Crippen LogP contribution in [0, 0.1) is 6.92 Å². The van der Waals surface area contributed by atoms with Crippen molar-refractivity contribution in [1.82, 2.24) is 0 Å². The average molecular weight is 413 g/mol. The van der Waals surface area contributed by atoms with Gasteiger partial charge in [-0.25, -0.2) is 20.1 Å². The molecule has 0 spiro atoms. The van der Waals surface area contributed by atoms with Gasteiger partial charge in [0.15, 0.2) is 0 Å². The number of aryl methyl sites for hydroxylation is 1. The van der Waals surface area contributed by atoms with Crippen LogP contribution < -0.4 is 0 Å². The number of benzene rings is 1. The Morgan fingerprint density at radius 3 is 0.852 bits per heavy atom. The molecule has 0 atom stereocenters. The monoisotopic (exact) mass is 412 g/mol. The second kappa shape index (κ2) is 9.16. The van der Waals surface area contributed by atoms with Gasteiger partial charge in [-0.05, 0) is 72.0 Å². The molecular formula is C25H48S2. The Kier molecular flexibility index (Phi) is 8.47. The maximum atomic E-state index is 2.68. The average Bonchev–Trinajstić information content (AvgIpc) is 2.45. The summed E-state index contributed by atoms with van der Waals surface area (Å²) in [4.78, 5) is 3.33. The fourth-order valence-corrected chi connectivity index (χ4v) is 17.3. The standard InChI is InChI=1S/C25H48S2/c1-17(2)26(18(3)4,19(5)6)24-14-23(13)15-25(16-24)27(20(7)8,21(9)10)22(11)12/h14-22H,1-13H3. The number of rotatable bonds is 8. The summed E-state index contributed by atoms with van der Waals surface area (Å²) in [6, 6.07) is 7.74. The van der Waals surface area contributed by atoms with Crippen LogP contribution in [0.2, 0.25) is 0 Å². The summed E-state index contributed by atoms with van der Waals surface area (Å²) in [5.41, 5.74) is 1.46. The van der Waals surface area contributed by atoms with E-state index in [0.717, 1.165) is 0 Å². The maximum Gasteiger partial charge on any atom is -0.00790 e. The predicted octanol–water partition coefficient (Wildman–Crippen LogP) is 8.77. The van der Waals surface area contributed by atoms with Crippen LogP contribution in [0.3, 0.4) is 0 Å². The highest BCUT2D eigenvalue weighted by Gasteiger charge is 2.40. The van der Waals surface area contributed by atoms with Gasteiger partial charge >= 0.3 is 0 Å². The van der Waals surface area contributed by atoms with Gasteiger partial charge in [0.25, 0.3) is 0 Å². The van der Waals surface area contributed by atoms with E-state index in [4.69, 9.17) is 0 Å². The van der Waals surface area contributed by atoms with Crippen molar-refractivity contribution in [2.45, 2.75) is 131 Å². The van der Waals surface area contributed by atoms with Crippen molar-refractivity contribution in [3.05, 3.63) is 23.8 Å². The summed E-state index contributed by atoms with van der Waals surface area (Å²) >= 11 is 0. The van der Waals surface area contributed by atoms with E-state index in [1.807, 2.05) is 0 Å². The van der Waals surface area contributed by atoms with E-state index in [-0.39, 0.29) is 0 Å². The molecule has 0 bridgehead atoms. The second-order valence-electron chi connectivity index (χ2n) is 9.80. The lowest BCUT2D eigenvalue weighted by molar-refractivity contribution is 0.920. The highest BCUT2D eigenvalue weighted by atomic mass is 32.3. The minimum absolute atomic E-state index is 0.702. The molecule has 0 N–H and O–H groups in total. The van der Waals surface area contributed by atoms with Gasteiger partial charge in [0.2, 0.25) is 0 Å². The predicted molar refractivity (Wildman–Crippen MR) is 134 cm³/mol. The molecule has 0 amide bonds. The minimum Gasteiger partial charge on any atom is -0.207 e. The summed E-state index contributed by atoms with van der Waals surface area (Å²) in [7, 11) is -1.79. The number of hydrogen-bond acceptors (Lipinski definition) is 0. The third-order valence-corrected chi connectivity index (χ3v) is 18.0. The van der Waals surface area contributed by atoms with Gasteiger partial charge < -0.3 is 0 Å². The Morgan fingerprint density at radius 2 is 0.667 bits per heavy atom. The largest absolute Gasteiger partial charge is 0.207 e. The molecular weight excluding hydrogens is 364 g/mol. The van der Waals surface area contributed by atoms with Crippen molar-refractivity contribution in [3.8, 4) is 0 Å². The third kappa shape index (κ3) is 4.13. The Bertz CT molecular complexity index is 515. The molecule has 1 aromatic carbocycles. The highest BCUT2D eigenvalue weighted by molar-refractivity contribution is 8.35. The summed E-state index contributed by atoms with van der Waals surface area (Å²) in [6.07, 6.45) is 0. The van der Waals surface area contributed by atoms with Crippen LogP contribution in [-0.2, 0) is 0 Å². The van der Waals surface area contributed by atoms with E-state index in [2.05, 4.69) is 108 Å². The lowest BCUT2D eigenvalue weighted by atomic mass is 10.2. The van der Waals surface area contributed by atoms with Crippen molar-refractivity contribution in [1.29, 1.82) is 0 Å². The fraction of sp³-hybridized carbons (Fsp3) is 0.760. The topological polar surface area (TPSA) is 0 Å². The van der Waals surface area contributed by atoms with Crippen LogP contribution in [0.15, 0.2) is 28.0 Å². The Hall–Kier alpha value is -0.0800. The maximum absolute atomic E-state index is 2.68. The van der Waals surface area contributed by atoms with E-state index in [1.54, 1.807) is 9.79 Å². The molecule has 27 heavy (non-hydrogen) atoms. The summed E-state index contributed by atoms with van der Waals surface area (Å²) in [5, 5.41) is 4.22. The smallest absolute Gasteiger partial charge is 0.00790 e. The van der Waals surface area contributed by atoms with Crippen LogP contribution in [0.5, 0.6) is 0 Å². The van der Waals surface area contributed by atoms with Crippen molar-refractivity contribution >= 4 is 20.1 Å². The third-order valence-electron chi connectivity index (χ3n) is 6.52. The lowest BCUT2D eigenvalue weighted by Gasteiger charge is -2.54.